The van der Waals surface area contributed by atoms with E-state index in [0.717, 1.165) is 21.6 Å². The van der Waals surface area contributed by atoms with Crippen molar-refractivity contribution in [2.24, 2.45) is 0 Å². The average molecular weight is 634 g/mol. The lowest BCUT2D eigenvalue weighted by molar-refractivity contribution is -0.144. The zero-order valence-electron chi connectivity index (χ0n) is 27.4. The van der Waals surface area contributed by atoms with Gasteiger partial charge in [0.25, 0.3) is 5.91 Å². The summed E-state index contributed by atoms with van der Waals surface area (Å²) in [5.41, 5.74) is 2.70. The van der Waals surface area contributed by atoms with Crippen LogP contribution < -0.4 is 10.6 Å². The number of ether oxygens (including phenoxy) is 1. The van der Waals surface area contributed by atoms with Crippen molar-refractivity contribution in [1.82, 2.24) is 14.8 Å². The predicted octanol–water partition coefficient (Wildman–Crippen LogP) is 6.36. The Bertz CT molecular complexity index is 1590. The highest BCUT2D eigenvalue weighted by molar-refractivity contribution is 7.16. The van der Waals surface area contributed by atoms with Crippen molar-refractivity contribution in [3.8, 4) is 11.1 Å². The van der Waals surface area contributed by atoms with E-state index < -0.39 is 11.6 Å². The zero-order chi connectivity index (χ0) is 33.1. The number of benzene rings is 1. The van der Waals surface area contributed by atoms with Gasteiger partial charge in [0, 0.05) is 62.6 Å². The fraction of sp³-hybridized carbons (Fsp3) is 0.441. The number of aryl methyl sites for hydroxylation is 1. The highest BCUT2D eigenvalue weighted by atomic mass is 32.1. The number of Topliss-reactive ketones (excluding diaryl/α,β-unsaturated/α-hetero) is 1. The molecule has 4 rings (SSSR count). The third-order valence-electron chi connectivity index (χ3n) is 7.99. The van der Waals surface area contributed by atoms with E-state index in [4.69, 9.17) is 4.74 Å². The van der Waals surface area contributed by atoms with E-state index in [1.807, 2.05) is 52.0 Å². The normalized spacial score (nSPS) is 14.8. The Hall–Kier alpha value is -4.09. The monoisotopic (exact) mass is 633 g/mol. The van der Waals surface area contributed by atoms with Crippen molar-refractivity contribution in [3.05, 3.63) is 64.3 Å². The van der Waals surface area contributed by atoms with Crippen LogP contribution in [-0.2, 0) is 14.9 Å². The van der Waals surface area contributed by atoms with Gasteiger partial charge in [-0.25, -0.2) is 4.79 Å². The number of carbonyl (C=O) groups excluding carboxylic acids is 4. The number of methoxy groups -OCH3 is 1. The number of nitrogens with one attached hydrogen (secondary N) is 2. The van der Waals surface area contributed by atoms with Crippen molar-refractivity contribution in [3.63, 3.8) is 0 Å². The molecule has 0 unspecified atom stereocenters. The zero-order valence-corrected chi connectivity index (χ0v) is 28.2. The molecule has 0 atom stereocenters. The Morgan fingerprint density at radius 2 is 1.80 bits per heavy atom. The molecule has 1 fully saturated rings. The maximum Gasteiger partial charge on any atom is 0.324 e. The van der Waals surface area contributed by atoms with E-state index in [9.17, 15) is 19.2 Å². The van der Waals surface area contributed by atoms with E-state index >= 15 is 0 Å². The SMILES string of the molecule is COCCCC(=O)c1ccc(-c2cc(NC(=O)Nc3sc(C(C)(C)C)cc3C(=O)N3CCN(C)C(=O)C3(C)C)ccc2C)cn1. The van der Waals surface area contributed by atoms with Crippen molar-refractivity contribution in [2.75, 3.05) is 44.5 Å². The number of likely N-dealkylation sites (N-methyl/N-ethyl adjacent to an activating group) is 1. The molecule has 1 aromatic carbocycles. The van der Waals surface area contributed by atoms with E-state index in [2.05, 4.69) is 15.6 Å². The third kappa shape index (κ3) is 7.59. The number of amides is 4. The molecule has 0 radical (unpaired) electrons. The molecule has 0 spiro atoms. The molecule has 1 saturated heterocycles. The van der Waals surface area contributed by atoms with Gasteiger partial charge in [-0.2, -0.15) is 0 Å². The minimum absolute atomic E-state index is 0.0359. The lowest BCUT2D eigenvalue weighted by Gasteiger charge is -2.44. The fourth-order valence-electron chi connectivity index (χ4n) is 5.23. The van der Waals surface area contributed by atoms with Crippen LogP contribution >= 0.6 is 11.3 Å². The van der Waals surface area contributed by atoms with Gasteiger partial charge in [-0.1, -0.05) is 32.9 Å². The van der Waals surface area contributed by atoms with E-state index in [1.54, 1.807) is 56.1 Å². The molecule has 240 valence electrons. The maximum absolute atomic E-state index is 13.9. The summed E-state index contributed by atoms with van der Waals surface area (Å²) in [6, 6.07) is 10.5. The molecule has 3 aromatic rings. The summed E-state index contributed by atoms with van der Waals surface area (Å²) in [6.07, 6.45) is 2.67. The minimum Gasteiger partial charge on any atom is -0.385 e. The number of piperazine rings is 1. The van der Waals surface area contributed by atoms with Gasteiger partial charge in [0.1, 0.15) is 16.2 Å². The number of hydrogen-bond donors (Lipinski definition) is 2. The van der Waals surface area contributed by atoms with Gasteiger partial charge in [0.15, 0.2) is 5.78 Å². The highest BCUT2D eigenvalue weighted by Crippen LogP contribution is 2.38. The summed E-state index contributed by atoms with van der Waals surface area (Å²) in [6.45, 7) is 13.0. The Kier molecular flexibility index (Phi) is 10.1. The first-order chi connectivity index (χ1) is 21.1. The predicted molar refractivity (Wildman–Crippen MR) is 178 cm³/mol. The Balaban J connectivity index is 1.54. The van der Waals surface area contributed by atoms with Gasteiger partial charge in [-0.15, -0.1) is 11.3 Å². The Morgan fingerprint density at radius 1 is 1.07 bits per heavy atom. The number of nitrogens with zero attached hydrogens (tertiary/aromatic N) is 3. The van der Waals surface area contributed by atoms with Crippen LogP contribution in [0.2, 0.25) is 0 Å². The summed E-state index contributed by atoms with van der Waals surface area (Å²) >= 11 is 1.35. The van der Waals surface area contributed by atoms with Crippen LogP contribution in [0.15, 0.2) is 42.6 Å². The summed E-state index contributed by atoms with van der Waals surface area (Å²) in [5.74, 6) is -0.463. The molecule has 3 heterocycles. The average Bonchev–Trinajstić information content (AvgIpc) is 3.41. The van der Waals surface area contributed by atoms with Gasteiger partial charge in [-0.05, 0) is 68.0 Å². The molecule has 11 heteroatoms. The number of hydrogen-bond acceptors (Lipinski definition) is 7. The second kappa shape index (κ2) is 13.5. The molecule has 1 aliphatic rings. The Morgan fingerprint density at radius 3 is 2.44 bits per heavy atom. The Labute approximate surface area is 269 Å². The molecule has 1 aliphatic heterocycles. The quantitative estimate of drug-likeness (QED) is 0.209. The van der Waals surface area contributed by atoms with E-state index in [1.165, 1.54) is 11.3 Å². The maximum atomic E-state index is 13.9. The van der Waals surface area contributed by atoms with Gasteiger partial charge < -0.3 is 19.9 Å². The van der Waals surface area contributed by atoms with Crippen LogP contribution in [-0.4, -0.2) is 77.8 Å². The van der Waals surface area contributed by atoms with Crippen molar-refractivity contribution in [1.29, 1.82) is 0 Å². The number of aromatic nitrogens is 1. The van der Waals surface area contributed by atoms with Crippen LogP contribution in [0.25, 0.3) is 11.1 Å². The van der Waals surface area contributed by atoms with Gasteiger partial charge in [-0.3, -0.25) is 24.7 Å². The van der Waals surface area contributed by atoms with Crippen molar-refractivity contribution >= 4 is 45.7 Å². The van der Waals surface area contributed by atoms with Gasteiger partial charge in [0.2, 0.25) is 5.91 Å². The van der Waals surface area contributed by atoms with Gasteiger partial charge >= 0.3 is 6.03 Å². The number of anilines is 2. The first-order valence-electron chi connectivity index (χ1n) is 15.0. The lowest BCUT2D eigenvalue weighted by Crippen LogP contribution is -2.63. The van der Waals surface area contributed by atoms with Crippen LogP contribution in [0.4, 0.5) is 15.5 Å². The fourth-order valence-corrected chi connectivity index (χ4v) is 6.33. The van der Waals surface area contributed by atoms with E-state index in [-0.39, 0.29) is 23.0 Å². The number of ketones is 1. The van der Waals surface area contributed by atoms with E-state index in [0.29, 0.717) is 54.5 Å². The summed E-state index contributed by atoms with van der Waals surface area (Å²) < 4.78 is 5.02. The van der Waals surface area contributed by atoms with Crippen LogP contribution in [0.1, 0.15) is 78.7 Å². The van der Waals surface area contributed by atoms with Crippen LogP contribution in [0.5, 0.6) is 0 Å². The summed E-state index contributed by atoms with van der Waals surface area (Å²) in [5, 5.41) is 6.22. The number of rotatable bonds is 9. The molecule has 10 nitrogen and oxygen atoms in total. The topological polar surface area (TPSA) is 121 Å². The first-order valence-corrected chi connectivity index (χ1v) is 15.8. The molecule has 2 aromatic heterocycles. The van der Waals surface area contributed by atoms with Gasteiger partial charge in [0.05, 0.1) is 5.56 Å². The molecule has 45 heavy (non-hydrogen) atoms. The first kappa shape index (κ1) is 33.8. The number of pyridine rings is 1. The molecular formula is C34H43N5O5S. The summed E-state index contributed by atoms with van der Waals surface area (Å²) in [4.78, 5) is 61.1. The third-order valence-corrected chi connectivity index (χ3v) is 9.46. The molecular weight excluding hydrogens is 590 g/mol. The molecule has 0 aliphatic carbocycles. The summed E-state index contributed by atoms with van der Waals surface area (Å²) in [7, 11) is 3.34. The molecule has 0 saturated carbocycles. The molecule has 4 amide bonds. The second-order valence-corrected chi connectivity index (χ2v) is 14.0. The van der Waals surface area contributed by atoms with Crippen molar-refractivity contribution < 1.29 is 23.9 Å². The lowest BCUT2D eigenvalue weighted by atomic mass is 9.93. The number of carbonyl (C=O) groups is 4. The smallest absolute Gasteiger partial charge is 0.324 e. The minimum atomic E-state index is -1.02. The van der Waals surface area contributed by atoms with Crippen LogP contribution in [0, 0.1) is 6.92 Å². The largest absolute Gasteiger partial charge is 0.385 e. The standard InChI is InChI=1S/C34H43N5O5S/c1-21-11-13-23(18-24(21)22-12-14-26(35-20-22)27(40)10-9-17-44-8)36-32(43)37-29-25(19-28(45-29)33(2,3)4)30(41)39-16-15-38(7)31(42)34(39,5)6/h11-14,18-20H,9-10,15-17H2,1-8H3,(H2,36,37,43). The van der Waals surface area contributed by atoms with Crippen molar-refractivity contribution in [2.45, 2.75) is 65.3 Å². The second-order valence-electron chi connectivity index (χ2n) is 12.9. The number of urea groups is 1. The molecule has 0 bridgehead atoms. The van der Waals surface area contributed by atoms with Crippen LogP contribution in [0.3, 0.4) is 0 Å². The highest BCUT2D eigenvalue weighted by Gasteiger charge is 2.44. The number of thiophene rings is 1. The molecule has 2 N–H and O–H groups in total.